The molecule has 2 aromatic rings. The lowest BCUT2D eigenvalue weighted by molar-refractivity contribution is 0.0693. The quantitative estimate of drug-likeness (QED) is 0.908. The summed E-state index contributed by atoms with van der Waals surface area (Å²) in [6.07, 6.45) is 4.04. The average molecular weight is 272 g/mol. The van der Waals surface area contributed by atoms with Crippen LogP contribution in [0, 0.1) is 0 Å². The van der Waals surface area contributed by atoms with Crippen LogP contribution in [0.5, 0.6) is 5.88 Å². The molecule has 104 valence electrons. The zero-order chi connectivity index (χ0) is 14.1. The van der Waals surface area contributed by atoms with Crippen LogP contribution in [0.1, 0.15) is 40.2 Å². The molecule has 0 spiro atoms. The summed E-state index contributed by atoms with van der Waals surface area (Å²) in [5.74, 6) is 0.0817. The highest BCUT2D eigenvalue weighted by molar-refractivity contribution is 5.89. The molecular formula is C15H16N2O3. The molecule has 0 bridgehead atoms. The molecule has 1 aromatic carbocycles. The van der Waals surface area contributed by atoms with E-state index in [1.807, 2.05) is 13.1 Å². The van der Waals surface area contributed by atoms with E-state index in [1.54, 1.807) is 29.1 Å². The van der Waals surface area contributed by atoms with Gasteiger partial charge < -0.3 is 9.84 Å². The number of ether oxygens (including phenoxy) is 1. The van der Waals surface area contributed by atoms with Gasteiger partial charge in [0, 0.05) is 24.9 Å². The smallest absolute Gasteiger partial charge is 0.336 e. The molecule has 20 heavy (non-hydrogen) atoms. The summed E-state index contributed by atoms with van der Waals surface area (Å²) < 4.78 is 7.28. The number of hydrogen-bond donors (Lipinski definition) is 1. The number of carboxylic acids is 1. The van der Waals surface area contributed by atoms with E-state index in [2.05, 4.69) is 5.10 Å². The minimum atomic E-state index is -0.910. The maximum atomic E-state index is 11.4. The van der Waals surface area contributed by atoms with Crippen LogP contribution in [-0.2, 0) is 13.7 Å². The number of hydrogen-bond acceptors (Lipinski definition) is 3. The summed E-state index contributed by atoms with van der Waals surface area (Å²) in [5, 5.41) is 13.5. The van der Waals surface area contributed by atoms with E-state index in [4.69, 9.17) is 4.74 Å². The second-order valence-corrected chi connectivity index (χ2v) is 5.07. The Bertz CT molecular complexity index is 644. The van der Waals surface area contributed by atoms with Crippen molar-refractivity contribution >= 4 is 5.97 Å². The number of carboxylic acid groups (broad SMARTS) is 1. The molecule has 0 amide bonds. The molecular weight excluding hydrogens is 256 g/mol. The van der Waals surface area contributed by atoms with Gasteiger partial charge in [0.15, 0.2) is 0 Å². The van der Waals surface area contributed by atoms with Crippen molar-refractivity contribution in [3.63, 3.8) is 0 Å². The predicted molar refractivity (Wildman–Crippen MR) is 72.9 cm³/mol. The number of aryl methyl sites for hydroxylation is 1. The van der Waals surface area contributed by atoms with Crippen molar-refractivity contribution in [1.29, 1.82) is 0 Å². The Morgan fingerprint density at radius 1 is 1.45 bits per heavy atom. The topological polar surface area (TPSA) is 64.3 Å². The van der Waals surface area contributed by atoms with Crippen LogP contribution in [0.2, 0.25) is 0 Å². The monoisotopic (exact) mass is 272 g/mol. The molecule has 0 saturated heterocycles. The fourth-order valence-electron chi connectivity index (χ4n) is 2.36. The van der Waals surface area contributed by atoms with Crippen molar-refractivity contribution in [3.05, 3.63) is 47.2 Å². The molecule has 1 N–H and O–H groups in total. The molecule has 0 unspecified atom stereocenters. The third kappa shape index (κ3) is 2.52. The largest absolute Gasteiger partial charge is 0.478 e. The first-order chi connectivity index (χ1) is 9.65. The molecule has 5 heteroatoms. The Morgan fingerprint density at radius 2 is 2.25 bits per heavy atom. The van der Waals surface area contributed by atoms with Crippen molar-refractivity contribution < 1.29 is 14.6 Å². The molecule has 3 rings (SSSR count). The Kier molecular flexibility index (Phi) is 3.18. The van der Waals surface area contributed by atoms with Crippen LogP contribution in [0.15, 0.2) is 30.5 Å². The van der Waals surface area contributed by atoms with Gasteiger partial charge in [-0.2, -0.15) is 0 Å². The second-order valence-electron chi connectivity index (χ2n) is 5.07. The predicted octanol–water partition coefficient (Wildman–Crippen LogP) is 2.57. The molecule has 1 fully saturated rings. The van der Waals surface area contributed by atoms with Crippen LogP contribution >= 0.6 is 0 Å². The summed E-state index contributed by atoms with van der Waals surface area (Å²) in [4.78, 5) is 11.4. The molecule has 1 aliphatic rings. The van der Waals surface area contributed by atoms with E-state index in [0.29, 0.717) is 17.4 Å². The van der Waals surface area contributed by atoms with Gasteiger partial charge in [-0.3, -0.25) is 4.68 Å². The minimum Gasteiger partial charge on any atom is -0.478 e. The fourth-order valence-corrected chi connectivity index (χ4v) is 2.36. The molecule has 1 aromatic heterocycles. The van der Waals surface area contributed by atoms with Gasteiger partial charge in [-0.05, 0) is 30.4 Å². The molecule has 0 aliphatic heterocycles. The maximum Gasteiger partial charge on any atom is 0.336 e. The Balaban J connectivity index is 1.87. The number of carbonyl (C=O) groups is 1. The maximum absolute atomic E-state index is 11.4. The number of aromatic carboxylic acids is 1. The van der Waals surface area contributed by atoms with Gasteiger partial charge in [0.05, 0.1) is 5.56 Å². The third-order valence-electron chi connectivity index (χ3n) is 3.51. The standard InChI is InChI=1S/C15H16N2O3/c1-17-8-7-14(16-17)20-9-13-11(10-5-6-10)3-2-4-12(13)15(18)19/h2-4,7-8,10H,5-6,9H2,1H3,(H,18,19). The Labute approximate surface area is 116 Å². The first-order valence-corrected chi connectivity index (χ1v) is 6.62. The first-order valence-electron chi connectivity index (χ1n) is 6.62. The number of benzene rings is 1. The minimum absolute atomic E-state index is 0.241. The average Bonchev–Trinajstić information content (AvgIpc) is 3.19. The number of rotatable bonds is 5. The normalized spacial score (nSPS) is 14.2. The first kappa shape index (κ1) is 12.7. The van der Waals surface area contributed by atoms with E-state index >= 15 is 0 Å². The van der Waals surface area contributed by atoms with Crippen molar-refractivity contribution in [2.45, 2.75) is 25.4 Å². The lowest BCUT2D eigenvalue weighted by Gasteiger charge is -2.12. The van der Waals surface area contributed by atoms with Gasteiger partial charge in [0.2, 0.25) is 5.88 Å². The number of nitrogens with zero attached hydrogens (tertiary/aromatic N) is 2. The molecule has 1 aliphatic carbocycles. The Morgan fingerprint density at radius 3 is 2.85 bits per heavy atom. The molecule has 0 atom stereocenters. The fraction of sp³-hybridized carbons (Fsp3) is 0.333. The van der Waals surface area contributed by atoms with Crippen LogP contribution in [0.3, 0.4) is 0 Å². The van der Waals surface area contributed by atoms with Gasteiger partial charge in [-0.1, -0.05) is 12.1 Å². The van der Waals surface area contributed by atoms with Gasteiger partial charge in [0.25, 0.3) is 0 Å². The molecule has 5 nitrogen and oxygen atoms in total. The molecule has 1 heterocycles. The van der Waals surface area contributed by atoms with Gasteiger partial charge >= 0.3 is 5.97 Å². The van der Waals surface area contributed by atoms with Gasteiger partial charge in [0.1, 0.15) is 6.61 Å². The summed E-state index contributed by atoms with van der Waals surface area (Å²) in [6.45, 7) is 0.241. The van der Waals surface area contributed by atoms with E-state index < -0.39 is 5.97 Å². The lowest BCUT2D eigenvalue weighted by atomic mass is 9.98. The second kappa shape index (κ2) is 5.00. The van der Waals surface area contributed by atoms with Crippen molar-refractivity contribution in [2.24, 2.45) is 7.05 Å². The van der Waals surface area contributed by atoms with Crippen molar-refractivity contribution in [2.75, 3.05) is 0 Å². The van der Waals surface area contributed by atoms with Gasteiger partial charge in [-0.15, -0.1) is 5.10 Å². The van der Waals surface area contributed by atoms with E-state index in [-0.39, 0.29) is 6.61 Å². The van der Waals surface area contributed by atoms with Crippen molar-refractivity contribution in [3.8, 4) is 5.88 Å². The third-order valence-corrected chi connectivity index (χ3v) is 3.51. The van der Waals surface area contributed by atoms with E-state index in [9.17, 15) is 9.90 Å². The SMILES string of the molecule is Cn1ccc(OCc2c(C(=O)O)cccc2C2CC2)n1. The Hall–Kier alpha value is -2.30. The van der Waals surface area contributed by atoms with Crippen LogP contribution < -0.4 is 4.74 Å². The van der Waals surface area contributed by atoms with Crippen LogP contribution in [0.4, 0.5) is 0 Å². The lowest BCUT2D eigenvalue weighted by Crippen LogP contribution is -2.09. The van der Waals surface area contributed by atoms with Crippen molar-refractivity contribution in [1.82, 2.24) is 9.78 Å². The van der Waals surface area contributed by atoms with E-state index in [1.165, 1.54) is 0 Å². The molecule has 0 radical (unpaired) electrons. The zero-order valence-corrected chi connectivity index (χ0v) is 11.2. The summed E-state index contributed by atoms with van der Waals surface area (Å²) >= 11 is 0. The summed E-state index contributed by atoms with van der Waals surface area (Å²) in [5.41, 5.74) is 2.19. The molecule has 1 saturated carbocycles. The van der Waals surface area contributed by atoms with Gasteiger partial charge in [-0.25, -0.2) is 4.79 Å². The summed E-state index contributed by atoms with van der Waals surface area (Å²) in [6, 6.07) is 7.20. The highest BCUT2D eigenvalue weighted by atomic mass is 16.5. The highest BCUT2D eigenvalue weighted by Gasteiger charge is 2.28. The summed E-state index contributed by atoms with van der Waals surface area (Å²) in [7, 11) is 1.81. The number of aromatic nitrogens is 2. The highest BCUT2D eigenvalue weighted by Crippen LogP contribution is 2.42. The van der Waals surface area contributed by atoms with Crippen LogP contribution in [-0.4, -0.2) is 20.9 Å². The van der Waals surface area contributed by atoms with Crippen LogP contribution in [0.25, 0.3) is 0 Å². The zero-order valence-electron chi connectivity index (χ0n) is 11.2. The van der Waals surface area contributed by atoms with E-state index in [0.717, 1.165) is 24.0 Å².